The van der Waals surface area contributed by atoms with Crippen LogP contribution in [0, 0.1) is 0 Å². The van der Waals surface area contributed by atoms with E-state index in [1.165, 1.54) is 37.7 Å². The third kappa shape index (κ3) is 4.67. The van der Waals surface area contributed by atoms with Crippen molar-refractivity contribution in [3.8, 4) is 5.75 Å². The average molecular weight is 396 g/mol. The van der Waals surface area contributed by atoms with E-state index in [0.29, 0.717) is 11.4 Å². The molecule has 2 rings (SSSR count). The molecule has 0 radical (unpaired) electrons. The van der Waals surface area contributed by atoms with E-state index in [9.17, 15) is 9.59 Å². The summed E-state index contributed by atoms with van der Waals surface area (Å²) in [5.41, 5.74) is 0.590. The molecule has 0 aliphatic carbocycles. The number of thiophene rings is 1. The van der Waals surface area contributed by atoms with Gasteiger partial charge in [-0.25, -0.2) is 4.79 Å². The van der Waals surface area contributed by atoms with Crippen LogP contribution in [0.3, 0.4) is 0 Å². The number of anilines is 1. The van der Waals surface area contributed by atoms with Gasteiger partial charge in [0, 0.05) is 11.0 Å². The molecule has 2 aromatic rings. The number of esters is 1. The van der Waals surface area contributed by atoms with Crippen molar-refractivity contribution < 1.29 is 19.1 Å². The maximum Gasteiger partial charge on any atom is 0.340 e. The number of methoxy groups -OCH3 is 2. The van der Waals surface area contributed by atoms with Crippen LogP contribution >= 0.6 is 27.3 Å². The predicted octanol–water partition coefficient (Wildman–Crippen LogP) is 3.96. The first kappa shape index (κ1) is 17.2. The van der Waals surface area contributed by atoms with Crippen LogP contribution in [-0.4, -0.2) is 26.1 Å². The van der Waals surface area contributed by atoms with Gasteiger partial charge in [0.05, 0.1) is 29.3 Å². The van der Waals surface area contributed by atoms with E-state index in [0.717, 1.165) is 8.66 Å². The minimum Gasteiger partial charge on any atom is -0.497 e. The second-order valence-electron chi connectivity index (χ2n) is 4.37. The normalized spacial score (nSPS) is 10.6. The molecule has 120 valence electrons. The van der Waals surface area contributed by atoms with Gasteiger partial charge in [0.15, 0.2) is 0 Å². The number of nitrogens with one attached hydrogen (secondary N) is 1. The van der Waals surface area contributed by atoms with Gasteiger partial charge in [-0.2, -0.15) is 0 Å². The molecule has 5 nitrogen and oxygen atoms in total. The molecule has 0 aliphatic rings. The number of hydrogen-bond donors (Lipinski definition) is 1. The van der Waals surface area contributed by atoms with Crippen LogP contribution in [0.2, 0.25) is 0 Å². The molecule has 1 aromatic heterocycles. The molecule has 1 amide bonds. The fraction of sp³-hybridized carbons (Fsp3) is 0.125. The second kappa shape index (κ2) is 7.94. The molecule has 7 heteroatoms. The zero-order chi connectivity index (χ0) is 16.8. The van der Waals surface area contributed by atoms with E-state index in [-0.39, 0.29) is 11.5 Å². The van der Waals surface area contributed by atoms with E-state index in [4.69, 9.17) is 9.47 Å². The van der Waals surface area contributed by atoms with Gasteiger partial charge in [-0.3, -0.25) is 4.79 Å². The largest absolute Gasteiger partial charge is 0.497 e. The molecule has 0 bridgehead atoms. The Kier molecular flexibility index (Phi) is 5.95. The summed E-state index contributed by atoms with van der Waals surface area (Å²) in [5, 5.41) is 2.66. The highest BCUT2D eigenvalue weighted by Gasteiger charge is 2.14. The van der Waals surface area contributed by atoms with Gasteiger partial charge in [0.1, 0.15) is 5.75 Å². The van der Waals surface area contributed by atoms with Crippen LogP contribution in [0.4, 0.5) is 5.69 Å². The van der Waals surface area contributed by atoms with Gasteiger partial charge in [0.25, 0.3) is 0 Å². The number of carbonyl (C=O) groups excluding carboxylic acids is 2. The Bertz CT molecular complexity index is 754. The molecule has 0 atom stereocenters. The predicted molar refractivity (Wildman–Crippen MR) is 94.0 cm³/mol. The minimum atomic E-state index is -0.551. The van der Waals surface area contributed by atoms with E-state index in [2.05, 4.69) is 21.2 Å². The molecule has 0 saturated carbocycles. The first-order valence-electron chi connectivity index (χ1n) is 6.54. The lowest BCUT2D eigenvalue weighted by Gasteiger charge is -2.10. The van der Waals surface area contributed by atoms with Gasteiger partial charge in [-0.15, -0.1) is 11.3 Å². The highest BCUT2D eigenvalue weighted by atomic mass is 79.9. The maximum atomic E-state index is 12.0. The lowest BCUT2D eigenvalue weighted by atomic mass is 10.1. The average Bonchev–Trinajstić information content (AvgIpc) is 2.98. The number of amides is 1. The topological polar surface area (TPSA) is 64.6 Å². The number of halogens is 1. The van der Waals surface area contributed by atoms with E-state index < -0.39 is 5.97 Å². The highest BCUT2D eigenvalue weighted by molar-refractivity contribution is 9.11. The summed E-state index contributed by atoms with van der Waals surface area (Å²) in [6, 6.07) is 8.56. The monoisotopic (exact) mass is 395 g/mol. The Labute approximate surface area is 146 Å². The summed E-state index contributed by atoms with van der Waals surface area (Å²) < 4.78 is 10.8. The lowest BCUT2D eigenvalue weighted by molar-refractivity contribution is -0.111. The van der Waals surface area contributed by atoms with Crippen LogP contribution in [0.25, 0.3) is 6.08 Å². The van der Waals surface area contributed by atoms with Gasteiger partial charge in [-0.1, -0.05) is 0 Å². The highest BCUT2D eigenvalue weighted by Crippen LogP contribution is 2.24. The summed E-state index contributed by atoms with van der Waals surface area (Å²) in [6.07, 6.45) is 3.11. The van der Waals surface area contributed by atoms with Crippen molar-refractivity contribution in [3.63, 3.8) is 0 Å². The number of ether oxygens (including phenoxy) is 2. The molecule has 0 spiro atoms. The first-order chi connectivity index (χ1) is 11.0. The number of carbonyl (C=O) groups is 2. The molecule has 0 saturated heterocycles. The van der Waals surface area contributed by atoms with Crippen LogP contribution < -0.4 is 10.1 Å². The van der Waals surface area contributed by atoms with Crippen molar-refractivity contribution in [2.45, 2.75) is 0 Å². The quantitative estimate of drug-likeness (QED) is 0.614. The lowest BCUT2D eigenvalue weighted by Crippen LogP contribution is -2.13. The SMILES string of the molecule is COC(=O)c1cc(OC)ccc1NC(=O)/C=C/c1ccc(Br)s1. The smallest absolute Gasteiger partial charge is 0.340 e. The summed E-state index contributed by atoms with van der Waals surface area (Å²) in [6.45, 7) is 0. The molecular weight excluding hydrogens is 382 g/mol. The van der Waals surface area contributed by atoms with E-state index in [1.807, 2.05) is 12.1 Å². The van der Waals surface area contributed by atoms with Gasteiger partial charge in [-0.05, 0) is 52.3 Å². The van der Waals surface area contributed by atoms with Crippen molar-refractivity contribution >= 4 is 50.9 Å². The molecule has 1 aromatic carbocycles. The van der Waals surface area contributed by atoms with E-state index in [1.54, 1.807) is 18.2 Å². The molecule has 1 heterocycles. The maximum absolute atomic E-state index is 12.0. The van der Waals surface area contributed by atoms with Crippen molar-refractivity contribution in [1.29, 1.82) is 0 Å². The van der Waals surface area contributed by atoms with Crippen molar-refractivity contribution in [1.82, 2.24) is 0 Å². The Morgan fingerprint density at radius 2 is 2.00 bits per heavy atom. The van der Waals surface area contributed by atoms with Gasteiger partial charge >= 0.3 is 5.97 Å². The third-order valence-corrected chi connectivity index (χ3v) is 4.47. The molecule has 0 aliphatic heterocycles. The van der Waals surface area contributed by atoms with Crippen molar-refractivity contribution in [2.75, 3.05) is 19.5 Å². The zero-order valence-corrected chi connectivity index (χ0v) is 14.9. The third-order valence-electron chi connectivity index (χ3n) is 2.88. The fourth-order valence-corrected chi connectivity index (χ4v) is 3.11. The molecule has 0 unspecified atom stereocenters. The Balaban J connectivity index is 2.16. The fourth-order valence-electron chi connectivity index (χ4n) is 1.79. The summed E-state index contributed by atoms with van der Waals surface area (Å²) in [7, 11) is 2.78. The standard InChI is InChI=1S/C16H14BrNO4S/c1-21-10-3-6-13(12(9-10)16(20)22-2)18-15(19)8-5-11-4-7-14(17)23-11/h3-9H,1-2H3,(H,18,19)/b8-5+. The zero-order valence-electron chi connectivity index (χ0n) is 12.5. The summed E-state index contributed by atoms with van der Waals surface area (Å²) in [4.78, 5) is 24.8. The molecule has 23 heavy (non-hydrogen) atoms. The number of hydrogen-bond acceptors (Lipinski definition) is 5. The van der Waals surface area contributed by atoms with Gasteiger partial charge in [0.2, 0.25) is 5.91 Å². The number of rotatable bonds is 5. The summed E-state index contributed by atoms with van der Waals surface area (Å²) in [5.74, 6) is -0.391. The molecule has 1 N–H and O–H groups in total. The van der Waals surface area contributed by atoms with Gasteiger partial charge < -0.3 is 14.8 Å². The summed E-state index contributed by atoms with van der Waals surface area (Å²) >= 11 is 4.87. The van der Waals surface area contributed by atoms with Crippen LogP contribution in [-0.2, 0) is 9.53 Å². The van der Waals surface area contributed by atoms with Crippen LogP contribution in [0.15, 0.2) is 40.2 Å². The van der Waals surface area contributed by atoms with E-state index >= 15 is 0 Å². The van der Waals surface area contributed by atoms with Crippen LogP contribution in [0.5, 0.6) is 5.75 Å². The van der Waals surface area contributed by atoms with Crippen molar-refractivity contribution in [3.05, 3.63) is 50.6 Å². The first-order valence-corrected chi connectivity index (χ1v) is 8.15. The van der Waals surface area contributed by atoms with Crippen LogP contribution in [0.1, 0.15) is 15.2 Å². The Morgan fingerprint density at radius 1 is 1.22 bits per heavy atom. The molecular formula is C16H14BrNO4S. The Hall–Kier alpha value is -2.12. The molecule has 0 fully saturated rings. The minimum absolute atomic E-state index is 0.229. The second-order valence-corrected chi connectivity index (χ2v) is 6.86. The van der Waals surface area contributed by atoms with Crippen molar-refractivity contribution in [2.24, 2.45) is 0 Å². The Morgan fingerprint density at radius 3 is 2.61 bits per heavy atom. The number of benzene rings is 1.